The first kappa shape index (κ1) is 43.3. The van der Waals surface area contributed by atoms with Crippen LogP contribution in [0, 0.1) is 0 Å². The van der Waals surface area contributed by atoms with E-state index in [-0.39, 0.29) is 64.4 Å². The number of anilines is 5. The van der Waals surface area contributed by atoms with Gasteiger partial charge in [0.05, 0.1) is 18.5 Å². The van der Waals surface area contributed by atoms with E-state index >= 15 is 0 Å². The standard InChI is InChI=1S/C35H47N13O11S/c1-47-18(12-40-28-24(47)31(53)46-35(38)45-28)11-39-17-5-3-16(4-6-17)30(52)44-20(34(56)57)7-8-22(49)59-60(2,10-9-19(36)33(54)55)13-21-25(50)26(51)32(58-21)48-15-43-23-27(37)41-14-42-29(23)48/h3-6,14-15,18-21,25-26,32,39,50-51H,7-13,36H2,1-2H3,(H,44,52)(H,54,55)(H,56,57)(H2,37,41,42)(H4,38,40,45,46,53)/t18?,19-,20+,21-,25-,26-,32-/m1/s1. The molecule has 1 fully saturated rings. The normalized spacial score (nSPS) is 22.4. The number of benzene rings is 1. The number of aromatic amines is 1. The van der Waals surface area contributed by atoms with Gasteiger partial charge in [-0.1, -0.05) is 10.3 Å². The summed E-state index contributed by atoms with van der Waals surface area (Å²) in [5, 5.41) is 50.1. The number of hydrogen-bond donors (Lipinski definition) is 11. The third-order valence-electron chi connectivity index (χ3n) is 10.2. The number of rotatable bonds is 17. The van der Waals surface area contributed by atoms with Crippen LogP contribution in [0.15, 0.2) is 41.7 Å². The second-order valence-corrected chi connectivity index (χ2v) is 17.8. The number of aliphatic carboxylic acids is 2. The lowest BCUT2D eigenvalue weighted by atomic mass is 10.1. The van der Waals surface area contributed by atoms with Crippen molar-refractivity contribution >= 4 is 74.2 Å². The van der Waals surface area contributed by atoms with Crippen molar-refractivity contribution in [2.45, 2.75) is 61.9 Å². The molecule has 60 heavy (non-hydrogen) atoms. The maximum absolute atomic E-state index is 13.3. The fourth-order valence-electron chi connectivity index (χ4n) is 6.84. The van der Waals surface area contributed by atoms with E-state index in [0.29, 0.717) is 30.3 Å². The number of carboxylic acids is 2. The number of nitrogens with one attached hydrogen (secondary N) is 4. The van der Waals surface area contributed by atoms with E-state index < -0.39 is 77.2 Å². The number of imidazole rings is 1. The summed E-state index contributed by atoms with van der Waals surface area (Å²) >= 11 is 0. The molecule has 0 radical (unpaired) electrons. The minimum absolute atomic E-state index is 0.00415. The van der Waals surface area contributed by atoms with Crippen molar-refractivity contribution in [2.24, 2.45) is 5.73 Å². The van der Waals surface area contributed by atoms with Gasteiger partial charge >= 0.3 is 17.9 Å². The molecule has 3 aromatic heterocycles. The van der Waals surface area contributed by atoms with Gasteiger partial charge in [-0.3, -0.25) is 28.7 Å². The second kappa shape index (κ2) is 17.9. The lowest BCUT2D eigenvalue weighted by Crippen LogP contribution is -2.48. The van der Waals surface area contributed by atoms with Gasteiger partial charge in [0.25, 0.3) is 11.5 Å². The Labute approximate surface area is 342 Å². The van der Waals surface area contributed by atoms with Gasteiger partial charge < -0.3 is 67.4 Å². The summed E-state index contributed by atoms with van der Waals surface area (Å²) in [7, 11) is -0.883. The molecule has 5 heterocycles. The first-order chi connectivity index (χ1) is 28.4. The second-order valence-electron chi connectivity index (χ2n) is 14.5. The Morgan fingerprint density at radius 3 is 2.50 bits per heavy atom. The SMILES string of the molecule is CN1c2c(nc(N)[nH]c2=O)NCC1CNc1ccc(C(=O)N[C@@H](CCC(=O)OS(C)(CC[C@@H](N)C(=O)O)C[C@H]2O[C@@H](n3cnc4c(N)ncnc43)[C@H](O)[C@@H]2O)C(=O)O)cc1. The molecule has 2 aliphatic rings. The maximum atomic E-state index is 13.3. The molecule has 8 atom stereocenters. The first-order valence-electron chi connectivity index (χ1n) is 18.6. The van der Waals surface area contributed by atoms with Crippen LogP contribution in [0.3, 0.4) is 0 Å². The molecular formula is C35H47N13O11S. The summed E-state index contributed by atoms with van der Waals surface area (Å²) < 4.78 is 13.3. The number of nitrogens with zero attached hydrogens (tertiary/aromatic N) is 6. The zero-order chi connectivity index (χ0) is 43.5. The van der Waals surface area contributed by atoms with E-state index in [9.17, 15) is 44.4 Å². The molecular weight excluding hydrogens is 811 g/mol. The maximum Gasteiger partial charge on any atom is 0.326 e. The third kappa shape index (κ3) is 9.60. The number of H-pyrrole nitrogens is 1. The molecule has 0 bridgehead atoms. The van der Waals surface area contributed by atoms with Gasteiger partial charge in [-0.05, 0) is 43.4 Å². The summed E-state index contributed by atoms with van der Waals surface area (Å²) in [6, 6.07) is 3.32. The lowest BCUT2D eigenvalue weighted by Gasteiger charge is -2.38. The minimum atomic E-state index is -2.65. The number of nitrogen functional groups attached to an aromatic ring is 2. The van der Waals surface area contributed by atoms with Crippen LogP contribution in [0.5, 0.6) is 0 Å². The molecule has 1 amide bonds. The summed E-state index contributed by atoms with van der Waals surface area (Å²) in [6.07, 6.45) is -2.12. The summed E-state index contributed by atoms with van der Waals surface area (Å²) in [4.78, 5) is 83.2. The predicted octanol–water partition coefficient (Wildman–Crippen LogP) is -1.61. The van der Waals surface area contributed by atoms with E-state index in [2.05, 4.69) is 40.9 Å². The van der Waals surface area contributed by atoms with Gasteiger partial charge in [0.1, 0.15) is 41.8 Å². The van der Waals surface area contributed by atoms with E-state index in [1.807, 2.05) is 0 Å². The van der Waals surface area contributed by atoms with Crippen molar-refractivity contribution in [3.05, 3.63) is 52.8 Å². The smallest absolute Gasteiger partial charge is 0.326 e. The van der Waals surface area contributed by atoms with Crippen molar-refractivity contribution in [1.82, 2.24) is 34.8 Å². The van der Waals surface area contributed by atoms with Crippen molar-refractivity contribution in [3.8, 4) is 0 Å². The van der Waals surface area contributed by atoms with E-state index in [4.69, 9.17) is 26.1 Å². The topological polar surface area (TPSA) is 374 Å². The predicted molar refractivity (Wildman–Crippen MR) is 218 cm³/mol. The van der Waals surface area contributed by atoms with Gasteiger partial charge in [0, 0.05) is 49.3 Å². The van der Waals surface area contributed by atoms with Crippen LogP contribution in [0.4, 0.5) is 29.0 Å². The number of carbonyl (C=O) groups is 4. The molecule has 1 saturated heterocycles. The summed E-state index contributed by atoms with van der Waals surface area (Å²) in [5.74, 6) is -3.95. The highest BCUT2D eigenvalue weighted by Gasteiger charge is 2.47. The molecule has 2 aliphatic heterocycles. The van der Waals surface area contributed by atoms with Gasteiger partial charge in [-0.2, -0.15) is 4.98 Å². The van der Waals surface area contributed by atoms with Crippen LogP contribution in [-0.2, 0) is 23.3 Å². The van der Waals surface area contributed by atoms with Crippen LogP contribution < -0.4 is 43.6 Å². The number of carboxylic acid groups (broad SMARTS) is 2. The number of ether oxygens (including phenoxy) is 1. The molecule has 6 rings (SSSR count). The highest BCUT2D eigenvalue weighted by Crippen LogP contribution is 2.50. The molecule has 24 nitrogen and oxygen atoms in total. The molecule has 0 spiro atoms. The quantitative estimate of drug-likeness (QED) is 0.0569. The molecule has 1 aromatic carbocycles. The number of carbonyl (C=O) groups excluding carboxylic acids is 2. The lowest BCUT2D eigenvalue weighted by molar-refractivity contribution is -0.140. The molecule has 0 saturated carbocycles. The minimum Gasteiger partial charge on any atom is -0.480 e. The summed E-state index contributed by atoms with van der Waals surface area (Å²) in [6.45, 7) is 0.880. The molecule has 0 aliphatic carbocycles. The fourth-order valence-corrected chi connectivity index (χ4v) is 9.41. The number of nitrogens with two attached hydrogens (primary N) is 3. The molecule has 2 unspecified atom stereocenters. The Bertz CT molecular complexity index is 2300. The van der Waals surface area contributed by atoms with Crippen molar-refractivity contribution in [3.63, 3.8) is 0 Å². The number of likely N-dealkylation sites (N-methyl/N-ethyl adjacent to an activating group) is 1. The van der Waals surface area contributed by atoms with E-state index in [1.54, 1.807) is 30.3 Å². The van der Waals surface area contributed by atoms with Gasteiger partial charge in [-0.25, -0.2) is 19.7 Å². The Hall–Kier alpha value is -6.28. The van der Waals surface area contributed by atoms with Crippen LogP contribution in [0.25, 0.3) is 11.2 Å². The third-order valence-corrected chi connectivity index (χ3v) is 13.0. The number of amides is 1. The first-order valence-corrected chi connectivity index (χ1v) is 20.9. The van der Waals surface area contributed by atoms with Crippen molar-refractivity contribution < 1.29 is 48.5 Å². The van der Waals surface area contributed by atoms with Crippen LogP contribution >= 0.6 is 10.3 Å². The molecule has 25 heteroatoms. The fraction of sp³-hybridized carbons (Fsp3) is 0.457. The Balaban J connectivity index is 1.05. The highest BCUT2D eigenvalue weighted by atomic mass is 32.3. The zero-order valence-corrected chi connectivity index (χ0v) is 33.2. The van der Waals surface area contributed by atoms with Crippen LogP contribution in [0.1, 0.15) is 35.8 Å². The Kier molecular flexibility index (Phi) is 12.9. The molecule has 324 valence electrons. The van der Waals surface area contributed by atoms with Gasteiger partial charge in [-0.15, -0.1) is 0 Å². The average molecular weight is 858 g/mol. The largest absolute Gasteiger partial charge is 0.480 e. The van der Waals surface area contributed by atoms with Crippen molar-refractivity contribution in [2.75, 3.05) is 64.9 Å². The molecule has 4 aromatic rings. The number of fused-ring (bicyclic) bond motifs is 2. The molecule has 14 N–H and O–H groups in total. The van der Waals surface area contributed by atoms with Gasteiger partial charge in [0.2, 0.25) is 5.95 Å². The number of hydrogen-bond acceptors (Lipinski definition) is 19. The van der Waals surface area contributed by atoms with Crippen LogP contribution in [-0.4, -0.2) is 148 Å². The van der Waals surface area contributed by atoms with Crippen molar-refractivity contribution in [1.29, 1.82) is 0 Å². The Morgan fingerprint density at radius 2 is 1.80 bits per heavy atom. The van der Waals surface area contributed by atoms with E-state index in [1.165, 1.54) is 29.4 Å². The summed E-state index contributed by atoms with van der Waals surface area (Å²) in [5.41, 5.74) is 18.5. The zero-order valence-electron chi connectivity index (χ0n) is 32.4. The highest BCUT2D eigenvalue weighted by molar-refractivity contribution is 8.29. The van der Waals surface area contributed by atoms with Crippen LogP contribution in [0.2, 0.25) is 0 Å². The Morgan fingerprint density at radius 1 is 1.07 bits per heavy atom. The number of aromatic nitrogens is 6. The average Bonchev–Trinajstić information content (AvgIpc) is 3.75. The number of aliphatic hydroxyl groups excluding tert-OH is 2. The van der Waals surface area contributed by atoms with E-state index in [0.717, 1.165) is 0 Å². The number of aliphatic hydroxyl groups is 2. The monoisotopic (exact) mass is 857 g/mol. The van der Waals surface area contributed by atoms with Gasteiger partial charge in [0.15, 0.2) is 23.5 Å².